The van der Waals surface area contributed by atoms with Gasteiger partial charge in [0, 0.05) is 42.5 Å². The van der Waals surface area contributed by atoms with E-state index in [1.54, 1.807) is 36.6 Å². The Morgan fingerprint density at radius 3 is 2.55 bits per heavy atom. The van der Waals surface area contributed by atoms with E-state index in [1.807, 2.05) is 45.1 Å². The molecule has 11 heteroatoms. The summed E-state index contributed by atoms with van der Waals surface area (Å²) in [6.07, 6.45) is 3.23. The molecule has 2 aromatic carbocycles. The maximum Gasteiger partial charge on any atom is 0.337 e. The Labute approximate surface area is 272 Å². The van der Waals surface area contributed by atoms with E-state index in [-0.39, 0.29) is 11.3 Å². The highest BCUT2D eigenvalue weighted by molar-refractivity contribution is 5.80. The van der Waals surface area contributed by atoms with Gasteiger partial charge in [-0.3, -0.25) is 0 Å². The first kappa shape index (κ1) is 32.6. The predicted octanol–water partition coefficient (Wildman–Crippen LogP) is 7.30. The molecule has 9 nitrogen and oxygen atoms in total. The number of nitrogens with zero attached hydrogens (tertiary/aromatic N) is 4. The van der Waals surface area contributed by atoms with Crippen molar-refractivity contribution < 1.29 is 32.9 Å². The average Bonchev–Trinajstić information content (AvgIpc) is 3.41. The van der Waals surface area contributed by atoms with Crippen molar-refractivity contribution in [3.8, 4) is 28.1 Å². The van der Waals surface area contributed by atoms with Crippen LogP contribution in [0.5, 0.6) is 5.75 Å². The smallest absolute Gasteiger partial charge is 0.337 e. The second-order valence-electron chi connectivity index (χ2n) is 13.5. The van der Waals surface area contributed by atoms with Crippen molar-refractivity contribution in [2.75, 3.05) is 24.6 Å². The Hall–Kier alpha value is -4.35. The van der Waals surface area contributed by atoms with E-state index < -0.39 is 41.0 Å². The number of aromatic nitrogens is 3. The van der Waals surface area contributed by atoms with Crippen LogP contribution in [0.1, 0.15) is 64.8 Å². The van der Waals surface area contributed by atoms with Crippen LogP contribution in [0.4, 0.5) is 14.6 Å². The summed E-state index contributed by atoms with van der Waals surface area (Å²) in [7, 11) is 0. The molecule has 0 amide bonds. The largest absolute Gasteiger partial charge is 0.486 e. The van der Waals surface area contributed by atoms with Crippen LogP contribution in [0.3, 0.4) is 0 Å². The number of carboxylic acids is 1. The third-order valence-electron chi connectivity index (χ3n) is 8.60. The van der Waals surface area contributed by atoms with E-state index >= 15 is 4.39 Å². The lowest BCUT2D eigenvalue weighted by Crippen LogP contribution is -2.45. The molecule has 1 N–H and O–H groups in total. The third kappa shape index (κ3) is 6.73. The van der Waals surface area contributed by atoms with Crippen LogP contribution in [0.2, 0.25) is 0 Å². The number of hydrogen-bond acceptors (Lipinski definition) is 7. The fourth-order valence-electron chi connectivity index (χ4n) is 6.28. The molecule has 2 atom stereocenters. The molecule has 0 radical (unpaired) electrons. The molecule has 1 saturated heterocycles. The number of hydrogen-bond donors (Lipinski definition) is 1. The Bertz CT molecular complexity index is 1860. The van der Waals surface area contributed by atoms with E-state index in [2.05, 4.69) is 11.8 Å². The van der Waals surface area contributed by atoms with Crippen LogP contribution in [0.25, 0.3) is 28.0 Å². The standard InChI is InChI=1S/C36H40F2N4O5/c1-21-9-8-16-45-36(6)12-14-41(15-13-36)33-30(32(34(43)44)47-35(3,4)5)22(2)39-29-20-27(40-42(29)33)23-10-7-11-24(17-23)31-26(38)18-25(37)19-28(31)46-21/h7-11,17-21,32H,12-16H2,1-6H3,(H,43,44)/t21-,32-/m0/s1. The van der Waals surface area contributed by atoms with Crippen molar-refractivity contribution in [3.63, 3.8) is 0 Å². The Morgan fingerprint density at radius 1 is 1.13 bits per heavy atom. The summed E-state index contributed by atoms with van der Waals surface area (Å²) in [5.74, 6) is -1.94. The van der Waals surface area contributed by atoms with Gasteiger partial charge in [-0.1, -0.05) is 24.3 Å². The number of rotatable bonds is 3. The molecule has 3 aliphatic rings. The van der Waals surface area contributed by atoms with E-state index in [4.69, 9.17) is 24.3 Å². The molecule has 7 rings (SSSR count). The first-order valence-corrected chi connectivity index (χ1v) is 15.8. The number of aryl methyl sites for hydroxylation is 1. The highest BCUT2D eigenvalue weighted by Crippen LogP contribution is 2.40. The lowest BCUT2D eigenvalue weighted by Gasteiger charge is -2.41. The zero-order chi connectivity index (χ0) is 33.7. The fraction of sp³-hybridized carbons (Fsp3) is 0.417. The highest BCUT2D eigenvalue weighted by atomic mass is 19.1. The Balaban J connectivity index is 1.58. The van der Waals surface area contributed by atoms with Gasteiger partial charge < -0.3 is 24.2 Å². The van der Waals surface area contributed by atoms with Crippen LogP contribution in [0.15, 0.2) is 54.6 Å². The van der Waals surface area contributed by atoms with Crippen LogP contribution in [-0.4, -0.2) is 62.7 Å². The van der Waals surface area contributed by atoms with Crippen LogP contribution < -0.4 is 9.64 Å². The number of piperidine rings is 1. The summed E-state index contributed by atoms with van der Waals surface area (Å²) in [4.78, 5) is 19.7. The monoisotopic (exact) mass is 646 g/mol. The SMILES string of the molecule is Cc1nc2cc3nn2c(c1[C@H](OC(C)(C)C)C(=O)O)N1CCC(C)(CC1)OCC=C[C@H](C)Oc1cc(F)cc(F)c1-c1cccc-3c1. The van der Waals surface area contributed by atoms with Crippen LogP contribution >= 0.6 is 0 Å². The molecule has 3 aliphatic heterocycles. The van der Waals surface area contributed by atoms with Gasteiger partial charge in [-0.15, -0.1) is 0 Å². The van der Waals surface area contributed by atoms with Crippen molar-refractivity contribution in [3.05, 3.63) is 77.5 Å². The molecule has 4 aromatic rings. The molecule has 47 heavy (non-hydrogen) atoms. The van der Waals surface area contributed by atoms with Gasteiger partial charge in [-0.05, 0) is 72.1 Å². The topological polar surface area (TPSA) is 98.4 Å². The van der Waals surface area contributed by atoms with E-state index in [1.165, 1.54) is 6.07 Å². The van der Waals surface area contributed by atoms with Crippen molar-refractivity contribution in [1.82, 2.24) is 14.6 Å². The average molecular weight is 647 g/mol. The molecule has 5 heterocycles. The molecule has 0 spiro atoms. The number of carbonyl (C=O) groups is 1. The summed E-state index contributed by atoms with van der Waals surface area (Å²) < 4.78 is 50.1. The zero-order valence-electron chi connectivity index (χ0n) is 27.5. The van der Waals surface area contributed by atoms with Gasteiger partial charge in [0.25, 0.3) is 0 Å². The van der Waals surface area contributed by atoms with Crippen LogP contribution in [0, 0.1) is 18.6 Å². The van der Waals surface area contributed by atoms with Gasteiger partial charge in [0.15, 0.2) is 11.8 Å². The number of fused-ring (bicyclic) bond motifs is 6. The Kier molecular flexibility index (Phi) is 8.56. The molecule has 248 valence electrons. The van der Waals surface area contributed by atoms with Gasteiger partial charge in [-0.2, -0.15) is 9.61 Å². The van der Waals surface area contributed by atoms with Gasteiger partial charge in [0.05, 0.1) is 34.6 Å². The maximum atomic E-state index is 15.4. The summed E-state index contributed by atoms with van der Waals surface area (Å²) in [5, 5.41) is 15.4. The zero-order valence-corrected chi connectivity index (χ0v) is 27.5. The summed E-state index contributed by atoms with van der Waals surface area (Å²) in [6.45, 7) is 12.6. The van der Waals surface area contributed by atoms with Gasteiger partial charge >= 0.3 is 5.97 Å². The lowest BCUT2D eigenvalue weighted by molar-refractivity contribution is -0.160. The minimum Gasteiger partial charge on any atom is -0.486 e. The number of ether oxygens (including phenoxy) is 3. The number of anilines is 1. The second kappa shape index (κ2) is 12.4. The number of benzene rings is 2. The first-order valence-electron chi connectivity index (χ1n) is 15.8. The quantitative estimate of drug-likeness (QED) is 0.232. The normalized spacial score (nSPS) is 20.8. The van der Waals surface area contributed by atoms with Crippen molar-refractivity contribution in [2.24, 2.45) is 0 Å². The summed E-state index contributed by atoms with van der Waals surface area (Å²) in [5.41, 5.74) is 2.12. The maximum absolute atomic E-state index is 15.4. The fourth-order valence-corrected chi connectivity index (χ4v) is 6.28. The van der Waals surface area contributed by atoms with E-state index in [0.717, 1.165) is 6.07 Å². The number of aliphatic carboxylic acids is 1. The minimum absolute atomic E-state index is 0.0758. The molecular formula is C36H40F2N4O5. The molecule has 2 aromatic heterocycles. The van der Waals surface area contributed by atoms with Crippen LogP contribution in [-0.2, 0) is 14.3 Å². The highest BCUT2D eigenvalue weighted by Gasteiger charge is 2.38. The first-order chi connectivity index (χ1) is 22.2. The third-order valence-corrected chi connectivity index (χ3v) is 8.60. The van der Waals surface area contributed by atoms with Crippen molar-refractivity contribution >= 4 is 17.4 Å². The molecule has 1 fully saturated rings. The van der Waals surface area contributed by atoms with E-state index in [9.17, 15) is 14.3 Å². The number of carboxylic acid groups (broad SMARTS) is 1. The second-order valence-corrected chi connectivity index (χ2v) is 13.5. The van der Waals surface area contributed by atoms with Crippen molar-refractivity contribution in [2.45, 2.75) is 77.8 Å². The van der Waals surface area contributed by atoms with Gasteiger partial charge in [0.1, 0.15) is 29.3 Å². The van der Waals surface area contributed by atoms with E-state index in [0.29, 0.717) is 72.1 Å². The predicted molar refractivity (Wildman–Crippen MR) is 175 cm³/mol. The molecule has 0 aliphatic carbocycles. The summed E-state index contributed by atoms with van der Waals surface area (Å²) >= 11 is 0. The minimum atomic E-state index is -1.30. The van der Waals surface area contributed by atoms with Gasteiger partial charge in [-0.25, -0.2) is 18.6 Å². The summed E-state index contributed by atoms with van der Waals surface area (Å²) in [6, 6.07) is 11.0. The van der Waals surface area contributed by atoms with Crippen molar-refractivity contribution in [1.29, 1.82) is 0 Å². The number of halogens is 2. The van der Waals surface area contributed by atoms with Gasteiger partial charge in [0.2, 0.25) is 0 Å². The Morgan fingerprint density at radius 2 is 1.85 bits per heavy atom. The molecule has 6 bridgehead atoms. The lowest BCUT2D eigenvalue weighted by atomic mass is 9.92. The molecule has 0 saturated carbocycles. The molecule has 0 unspecified atom stereocenters. The molecular weight excluding hydrogens is 606 g/mol.